The van der Waals surface area contributed by atoms with E-state index in [2.05, 4.69) is 6.58 Å². The largest absolute Gasteiger partial charge is 0.490 e. The van der Waals surface area contributed by atoms with Crippen LogP contribution in [0.2, 0.25) is 0 Å². The number of nitro groups is 1. The van der Waals surface area contributed by atoms with Crippen LogP contribution < -0.4 is 9.47 Å². The number of hydrogen-bond acceptors (Lipinski definition) is 7. The molecule has 0 aliphatic carbocycles. The summed E-state index contributed by atoms with van der Waals surface area (Å²) in [7, 11) is 0. The third-order valence-corrected chi connectivity index (χ3v) is 5.67. The summed E-state index contributed by atoms with van der Waals surface area (Å²) in [5.74, 6) is 0.933. The number of rotatable bonds is 9. The topological polar surface area (TPSA) is 81.9 Å². The van der Waals surface area contributed by atoms with E-state index in [-0.39, 0.29) is 18.2 Å². The predicted octanol–water partition coefficient (Wildman–Crippen LogP) is 4.96. The zero-order valence-corrected chi connectivity index (χ0v) is 18.4. The lowest BCUT2D eigenvalue weighted by molar-refractivity contribution is -0.384. The fourth-order valence-corrected chi connectivity index (χ4v) is 4.09. The summed E-state index contributed by atoms with van der Waals surface area (Å²) in [6, 6.07) is 11.6. The highest BCUT2D eigenvalue weighted by Gasteiger charge is 2.31. The van der Waals surface area contributed by atoms with E-state index in [0.29, 0.717) is 33.9 Å². The van der Waals surface area contributed by atoms with E-state index >= 15 is 0 Å². The molecule has 0 aromatic heterocycles. The number of thiocarbonyl (C=S) groups is 1. The van der Waals surface area contributed by atoms with Crippen molar-refractivity contribution in [2.75, 3.05) is 13.2 Å². The normalized spacial score (nSPS) is 14.7. The van der Waals surface area contributed by atoms with Gasteiger partial charge in [0.1, 0.15) is 10.9 Å². The van der Waals surface area contributed by atoms with E-state index < -0.39 is 4.92 Å². The second-order valence-corrected chi connectivity index (χ2v) is 8.11. The minimum Gasteiger partial charge on any atom is -0.490 e. The number of carbonyl (C=O) groups is 1. The molecule has 160 valence electrons. The summed E-state index contributed by atoms with van der Waals surface area (Å²) in [5, 5.41) is 10.8. The van der Waals surface area contributed by atoms with Gasteiger partial charge in [-0.25, -0.2) is 0 Å². The highest BCUT2D eigenvalue weighted by atomic mass is 32.2. The number of nitro benzene ring substituents is 1. The molecule has 0 saturated carbocycles. The van der Waals surface area contributed by atoms with Gasteiger partial charge in [-0.1, -0.05) is 36.1 Å². The van der Waals surface area contributed by atoms with Crippen molar-refractivity contribution in [2.45, 2.75) is 13.5 Å². The molecule has 0 spiro atoms. The van der Waals surface area contributed by atoms with Gasteiger partial charge in [0.2, 0.25) is 0 Å². The Balaban J connectivity index is 1.76. The van der Waals surface area contributed by atoms with Crippen LogP contribution in [0.3, 0.4) is 0 Å². The smallest absolute Gasteiger partial charge is 0.269 e. The van der Waals surface area contributed by atoms with E-state index in [0.717, 1.165) is 11.1 Å². The van der Waals surface area contributed by atoms with Gasteiger partial charge in [-0.05, 0) is 48.4 Å². The second-order valence-electron chi connectivity index (χ2n) is 6.43. The molecule has 1 aliphatic rings. The van der Waals surface area contributed by atoms with Crippen LogP contribution in [0, 0.1) is 10.1 Å². The van der Waals surface area contributed by atoms with Crippen molar-refractivity contribution in [3.63, 3.8) is 0 Å². The third-order valence-electron chi connectivity index (χ3n) is 4.29. The molecule has 0 atom stereocenters. The number of nitrogens with zero attached hydrogens (tertiary/aromatic N) is 2. The van der Waals surface area contributed by atoms with Crippen LogP contribution in [0.25, 0.3) is 6.08 Å². The Kier molecular flexibility index (Phi) is 7.43. The average Bonchev–Trinajstić information content (AvgIpc) is 3.01. The molecule has 0 radical (unpaired) electrons. The van der Waals surface area contributed by atoms with Crippen LogP contribution in [-0.2, 0) is 11.4 Å². The summed E-state index contributed by atoms with van der Waals surface area (Å²) in [6.07, 6.45) is 3.41. The third kappa shape index (κ3) is 5.50. The van der Waals surface area contributed by atoms with Crippen molar-refractivity contribution in [3.8, 4) is 11.5 Å². The number of ether oxygens (including phenoxy) is 2. The van der Waals surface area contributed by atoms with E-state index in [9.17, 15) is 14.9 Å². The van der Waals surface area contributed by atoms with Crippen molar-refractivity contribution in [1.29, 1.82) is 0 Å². The fourth-order valence-electron chi connectivity index (χ4n) is 2.81. The molecule has 1 saturated heterocycles. The Labute approximate surface area is 189 Å². The van der Waals surface area contributed by atoms with E-state index in [4.69, 9.17) is 21.7 Å². The summed E-state index contributed by atoms with van der Waals surface area (Å²) >= 11 is 6.52. The molecule has 0 N–H and O–H groups in total. The second kappa shape index (κ2) is 10.2. The van der Waals surface area contributed by atoms with E-state index in [1.165, 1.54) is 28.8 Å². The van der Waals surface area contributed by atoms with Crippen LogP contribution in [0.1, 0.15) is 18.1 Å². The number of hydrogen-bond donors (Lipinski definition) is 0. The van der Waals surface area contributed by atoms with Gasteiger partial charge < -0.3 is 9.47 Å². The van der Waals surface area contributed by atoms with E-state index in [1.54, 1.807) is 36.4 Å². The summed E-state index contributed by atoms with van der Waals surface area (Å²) in [5.41, 5.74) is 1.61. The molecule has 0 unspecified atom stereocenters. The molecule has 1 aliphatic heterocycles. The highest BCUT2D eigenvalue weighted by molar-refractivity contribution is 8.26. The molecular formula is C22H20N2O5S2. The Bertz CT molecular complexity index is 1050. The van der Waals surface area contributed by atoms with Crippen molar-refractivity contribution in [3.05, 3.63) is 81.3 Å². The van der Waals surface area contributed by atoms with Crippen molar-refractivity contribution in [1.82, 2.24) is 4.90 Å². The lowest BCUT2D eigenvalue weighted by Gasteiger charge is -2.13. The predicted molar refractivity (Wildman–Crippen MR) is 125 cm³/mol. The first-order chi connectivity index (χ1) is 14.9. The van der Waals surface area contributed by atoms with Gasteiger partial charge in [0, 0.05) is 18.7 Å². The molecule has 0 bridgehead atoms. The summed E-state index contributed by atoms with van der Waals surface area (Å²) in [4.78, 5) is 24.9. The molecule has 31 heavy (non-hydrogen) atoms. The fraction of sp³-hybridized carbons (Fsp3) is 0.182. The molecule has 9 heteroatoms. The van der Waals surface area contributed by atoms with Crippen LogP contribution in [-0.4, -0.2) is 33.2 Å². The van der Waals surface area contributed by atoms with Gasteiger partial charge in [0.05, 0.1) is 16.4 Å². The number of thioether (sulfide) groups is 1. The standard InChI is InChI=1S/C22H20N2O5S2/c1-3-11-23-21(25)20(31-22(23)30)13-16-7-10-18(19(12-16)28-4-2)29-14-15-5-8-17(9-6-15)24(26)27/h3,5-10,12-13H,1,4,11,14H2,2H3/b20-13+. The zero-order chi connectivity index (χ0) is 22.4. The highest BCUT2D eigenvalue weighted by Crippen LogP contribution is 2.35. The molecule has 1 heterocycles. The SMILES string of the molecule is C=CCN1C(=O)/C(=C\c2ccc(OCc3ccc([N+](=O)[O-])cc3)c(OCC)c2)SC1=S. The number of amides is 1. The Morgan fingerprint density at radius 3 is 2.58 bits per heavy atom. The Hall–Kier alpha value is -3.17. The summed E-state index contributed by atoms with van der Waals surface area (Å²) < 4.78 is 12.1. The van der Waals surface area contributed by atoms with Gasteiger partial charge in [-0.15, -0.1) is 6.58 Å². The quantitative estimate of drug-likeness (QED) is 0.173. The van der Waals surface area contributed by atoms with Gasteiger partial charge >= 0.3 is 0 Å². The van der Waals surface area contributed by atoms with Crippen molar-refractivity contribution < 1.29 is 19.2 Å². The molecule has 1 fully saturated rings. The minimum absolute atomic E-state index is 0.0293. The Morgan fingerprint density at radius 1 is 1.19 bits per heavy atom. The first-order valence-corrected chi connectivity index (χ1v) is 10.6. The zero-order valence-electron chi connectivity index (χ0n) is 16.8. The van der Waals surface area contributed by atoms with Gasteiger partial charge in [0.25, 0.3) is 11.6 Å². The molecule has 2 aromatic rings. The molecule has 1 amide bonds. The maximum Gasteiger partial charge on any atom is 0.269 e. The monoisotopic (exact) mass is 456 g/mol. The number of benzene rings is 2. The lowest BCUT2D eigenvalue weighted by Crippen LogP contribution is -2.27. The van der Waals surface area contributed by atoms with Gasteiger partial charge in [-0.3, -0.25) is 19.8 Å². The number of non-ortho nitro benzene ring substituents is 1. The molecule has 3 rings (SSSR count). The first kappa shape index (κ1) is 22.5. The maximum absolute atomic E-state index is 12.5. The molecular weight excluding hydrogens is 436 g/mol. The summed E-state index contributed by atoms with van der Waals surface area (Å²) in [6.45, 7) is 6.57. The van der Waals surface area contributed by atoms with Gasteiger partial charge in [0.15, 0.2) is 11.5 Å². The lowest BCUT2D eigenvalue weighted by atomic mass is 10.1. The van der Waals surface area contributed by atoms with Crippen LogP contribution in [0.15, 0.2) is 60.0 Å². The van der Waals surface area contributed by atoms with E-state index in [1.807, 2.05) is 13.0 Å². The van der Waals surface area contributed by atoms with Crippen molar-refractivity contribution >= 4 is 46.0 Å². The Morgan fingerprint density at radius 2 is 1.94 bits per heavy atom. The van der Waals surface area contributed by atoms with Crippen LogP contribution >= 0.6 is 24.0 Å². The average molecular weight is 457 g/mol. The van der Waals surface area contributed by atoms with Crippen LogP contribution in [0.4, 0.5) is 5.69 Å². The maximum atomic E-state index is 12.5. The minimum atomic E-state index is -0.443. The molecule has 2 aromatic carbocycles. The number of carbonyl (C=O) groups excluding carboxylic acids is 1. The van der Waals surface area contributed by atoms with Crippen LogP contribution in [0.5, 0.6) is 11.5 Å². The van der Waals surface area contributed by atoms with Gasteiger partial charge in [-0.2, -0.15) is 0 Å². The van der Waals surface area contributed by atoms with Crippen molar-refractivity contribution in [2.24, 2.45) is 0 Å². The molecule has 7 nitrogen and oxygen atoms in total. The first-order valence-electron chi connectivity index (χ1n) is 9.42.